The number of aromatic nitrogens is 2. The molecule has 2 aromatic rings. The van der Waals surface area contributed by atoms with Gasteiger partial charge in [-0.3, -0.25) is 4.68 Å². The van der Waals surface area contributed by atoms with Gasteiger partial charge in [-0.15, -0.1) is 0 Å². The second kappa shape index (κ2) is 7.48. The van der Waals surface area contributed by atoms with Gasteiger partial charge in [-0.25, -0.2) is 0 Å². The molecule has 1 heterocycles. The molecule has 21 heavy (non-hydrogen) atoms. The lowest BCUT2D eigenvalue weighted by Gasteiger charge is -2.14. The van der Waals surface area contributed by atoms with Gasteiger partial charge in [0.15, 0.2) is 0 Å². The van der Waals surface area contributed by atoms with Crippen molar-refractivity contribution in [1.82, 2.24) is 15.1 Å². The average Bonchev–Trinajstić information content (AvgIpc) is 2.83. The van der Waals surface area contributed by atoms with Gasteiger partial charge in [-0.2, -0.15) is 5.10 Å². The fraction of sp³-hybridized carbons (Fsp3) is 0.438. The summed E-state index contributed by atoms with van der Waals surface area (Å²) in [6, 6.07) is 7.77. The first-order valence-electron chi connectivity index (χ1n) is 7.15. The number of para-hydroxylation sites is 1. The molecule has 0 spiro atoms. The summed E-state index contributed by atoms with van der Waals surface area (Å²) in [6.07, 6.45) is 1.90. The van der Waals surface area contributed by atoms with Gasteiger partial charge < -0.3 is 10.1 Å². The lowest BCUT2D eigenvalue weighted by atomic mass is 10.1. The van der Waals surface area contributed by atoms with Crippen LogP contribution in [-0.2, 0) is 20.2 Å². The SMILES string of the molecule is CC(C)CNCc1cccc(Cl)c1OCc1ccn(C)n1. The molecular weight excluding hydrogens is 286 g/mol. The summed E-state index contributed by atoms with van der Waals surface area (Å²) < 4.78 is 7.64. The fourth-order valence-electron chi connectivity index (χ4n) is 2.04. The monoisotopic (exact) mass is 307 g/mol. The number of ether oxygens (including phenoxy) is 1. The Balaban J connectivity index is 2.02. The van der Waals surface area contributed by atoms with E-state index in [1.807, 2.05) is 37.5 Å². The van der Waals surface area contributed by atoms with Crippen molar-refractivity contribution in [3.05, 3.63) is 46.7 Å². The number of aryl methyl sites for hydroxylation is 1. The van der Waals surface area contributed by atoms with E-state index in [1.165, 1.54) is 0 Å². The van der Waals surface area contributed by atoms with Gasteiger partial charge in [-0.05, 0) is 24.6 Å². The summed E-state index contributed by atoms with van der Waals surface area (Å²) in [5.41, 5.74) is 1.96. The number of hydrogen-bond donors (Lipinski definition) is 1. The largest absolute Gasteiger partial charge is 0.485 e. The van der Waals surface area contributed by atoms with Gasteiger partial charge in [0.1, 0.15) is 12.4 Å². The van der Waals surface area contributed by atoms with Crippen LogP contribution in [0.1, 0.15) is 25.1 Å². The Hall–Kier alpha value is -1.52. The van der Waals surface area contributed by atoms with Crippen LogP contribution in [-0.4, -0.2) is 16.3 Å². The number of benzene rings is 1. The first-order valence-corrected chi connectivity index (χ1v) is 7.53. The summed E-state index contributed by atoms with van der Waals surface area (Å²) in [5, 5.41) is 8.35. The summed E-state index contributed by atoms with van der Waals surface area (Å²) >= 11 is 6.26. The first kappa shape index (κ1) is 15.9. The van der Waals surface area contributed by atoms with E-state index in [-0.39, 0.29) is 0 Å². The van der Waals surface area contributed by atoms with Crippen molar-refractivity contribution in [3.63, 3.8) is 0 Å². The van der Waals surface area contributed by atoms with E-state index < -0.39 is 0 Å². The zero-order valence-electron chi connectivity index (χ0n) is 12.8. The molecule has 0 unspecified atom stereocenters. The maximum Gasteiger partial charge on any atom is 0.142 e. The van der Waals surface area contributed by atoms with E-state index in [4.69, 9.17) is 16.3 Å². The summed E-state index contributed by atoms with van der Waals surface area (Å²) in [7, 11) is 1.89. The van der Waals surface area contributed by atoms with Crippen LogP contribution in [0.5, 0.6) is 5.75 Å². The summed E-state index contributed by atoms with van der Waals surface area (Å²) in [6.45, 7) is 6.50. The third-order valence-electron chi connectivity index (χ3n) is 3.05. The Morgan fingerprint density at radius 3 is 2.81 bits per heavy atom. The number of hydrogen-bond acceptors (Lipinski definition) is 3. The molecule has 0 aliphatic rings. The van der Waals surface area contributed by atoms with E-state index in [2.05, 4.69) is 24.3 Å². The predicted molar refractivity (Wildman–Crippen MR) is 85.5 cm³/mol. The molecule has 0 atom stereocenters. The second-order valence-corrected chi connectivity index (χ2v) is 5.93. The van der Waals surface area contributed by atoms with E-state index in [0.717, 1.165) is 30.1 Å². The lowest BCUT2D eigenvalue weighted by Crippen LogP contribution is -2.19. The number of nitrogens with one attached hydrogen (secondary N) is 1. The van der Waals surface area contributed by atoms with Crippen LogP contribution in [0.25, 0.3) is 0 Å². The molecule has 0 fully saturated rings. The summed E-state index contributed by atoms with van der Waals surface area (Å²) in [4.78, 5) is 0. The maximum atomic E-state index is 6.26. The first-order chi connectivity index (χ1) is 10.1. The zero-order valence-corrected chi connectivity index (χ0v) is 13.5. The molecule has 0 saturated heterocycles. The minimum atomic E-state index is 0.418. The predicted octanol–water partition coefficient (Wildman–Crippen LogP) is 3.40. The molecule has 0 radical (unpaired) electrons. The van der Waals surface area contributed by atoms with Gasteiger partial charge in [0.25, 0.3) is 0 Å². The van der Waals surface area contributed by atoms with Crippen LogP contribution >= 0.6 is 11.6 Å². The average molecular weight is 308 g/mol. The Bertz CT molecular complexity index is 581. The highest BCUT2D eigenvalue weighted by Gasteiger charge is 2.09. The molecule has 0 aliphatic carbocycles. The minimum Gasteiger partial charge on any atom is -0.485 e. The molecule has 0 bridgehead atoms. The zero-order chi connectivity index (χ0) is 15.2. The minimum absolute atomic E-state index is 0.418. The highest BCUT2D eigenvalue weighted by molar-refractivity contribution is 6.32. The van der Waals surface area contributed by atoms with Crippen molar-refractivity contribution in [2.24, 2.45) is 13.0 Å². The molecule has 1 aromatic heterocycles. The third kappa shape index (κ3) is 4.76. The van der Waals surface area contributed by atoms with Crippen LogP contribution in [0.2, 0.25) is 5.02 Å². The highest BCUT2D eigenvalue weighted by atomic mass is 35.5. The second-order valence-electron chi connectivity index (χ2n) is 5.52. The number of rotatable bonds is 7. The van der Waals surface area contributed by atoms with Crippen LogP contribution < -0.4 is 10.1 Å². The van der Waals surface area contributed by atoms with Crippen molar-refractivity contribution >= 4 is 11.6 Å². The number of halogens is 1. The van der Waals surface area contributed by atoms with Gasteiger partial charge in [0.05, 0.1) is 10.7 Å². The normalized spacial score (nSPS) is 11.1. The molecule has 2 rings (SSSR count). The van der Waals surface area contributed by atoms with Crippen LogP contribution in [0.4, 0.5) is 0 Å². The van der Waals surface area contributed by atoms with Gasteiger partial charge >= 0.3 is 0 Å². The Morgan fingerprint density at radius 2 is 2.14 bits per heavy atom. The molecular formula is C16H22ClN3O. The molecule has 1 aromatic carbocycles. The molecule has 114 valence electrons. The Labute approximate surface area is 131 Å². The third-order valence-corrected chi connectivity index (χ3v) is 3.35. The summed E-state index contributed by atoms with van der Waals surface area (Å²) in [5.74, 6) is 1.35. The Kier molecular flexibility index (Phi) is 5.65. The maximum absolute atomic E-state index is 6.26. The topological polar surface area (TPSA) is 39.1 Å². The van der Waals surface area contributed by atoms with Crippen molar-refractivity contribution in [2.45, 2.75) is 27.0 Å². The van der Waals surface area contributed by atoms with Crippen LogP contribution in [0.15, 0.2) is 30.5 Å². The molecule has 0 saturated carbocycles. The number of nitrogens with zero attached hydrogens (tertiary/aromatic N) is 2. The van der Waals surface area contributed by atoms with Crippen LogP contribution in [0, 0.1) is 5.92 Å². The Morgan fingerprint density at radius 1 is 1.33 bits per heavy atom. The molecule has 1 N–H and O–H groups in total. The van der Waals surface area contributed by atoms with E-state index in [0.29, 0.717) is 17.5 Å². The molecule has 5 heteroatoms. The van der Waals surface area contributed by atoms with Gasteiger partial charge in [0, 0.05) is 25.4 Å². The van der Waals surface area contributed by atoms with Crippen molar-refractivity contribution in [1.29, 1.82) is 0 Å². The standard InChI is InChI=1S/C16H22ClN3O/c1-12(2)9-18-10-13-5-4-6-15(17)16(13)21-11-14-7-8-20(3)19-14/h4-8,12,18H,9-11H2,1-3H3. The quantitative estimate of drug-likeness (QED) is 0.852. The van der Waals surface area contributed by atoms with E-state index >= 15 is 0 Å². The molecule has 0 aliphatic heterocycles. The fourth-order valence-corrected chi connectivity index (χ4v) is 2.28. The van der Waals surface area contributed by atoms with Gasteiger partial charge in [-0.1, -0.05) is 37.6 Å². The van der Waals surface area contributed by atoms with Crippen molar-refractivity contribution in [3.8, 4) is 5.75 Å². The van der Waals surface area contributed by atoms with Crippen LogP contribution in [0.3, 0.4) is 0 Å². The highest BCUT2D eigenvalue weighted by Crippen LogP contribution is 2.29. The molecule has 4 nitrogen and oxygen atoms in total. The lowest BCUT2D eigenvalue weighted by molar-refractivity contribution is 0.296. The van der Waals surface area contributed by atoms with Crippen molar-refractivity contribution < 1.29 is 4.74 Å². The smallest absolute Gasteiger partial charge is 0.142 e. The molecule has 0 amide bonds. The van der Waals surface area contributed by atoms with E-state index in [1.54, 1.807) is 4.68 Å². The van der Waals surface area contributed by atoms with Crippen molar-refractivity contribution in [2.75, 3.05) is 6.54 Å². The van der Waals surface area contributed by atoms with Gasteiger partial charge in [0.2, 0.25) is 0 Å². The van der Waals surface area contributed by atoms with E-state index in [9.17, 15) is 0 Å².